The van der Waals surface area contributed by atoms with Crippen LogP contribution in [0.3, 0.4) is 0 Å². The van der Waals surface area contributed by atoms with Gasteiger partial charge >= 0.3 is 0 Å². The number of rotatable bonds is 8. The van der Waals surface area contributed by atoms with E-state index in [9.17, 15) is 13.2 Å². The SMILES string of the molecule is C=CCSCC(=O)Nc1ccc(C)c(NS(=O)(=O)c2ccccc2)c1. The number of amides is 1. The van der Waals surface area contributed by atoms with Gasteiger partial charge in [-0.2, -0.15) is 0 Å². The first kappa shape index (κ1) is 19.1. The lowest BCUT2D eigenvalue weighted by Crippen LogP contribution is -2.16. The van der Waals surface area contributed by atoms with E-state index in [0.29, 0.717) is 22.9 Å². The lowest BCUT2D eigenvalue weighted by molar-refractivity contribution is -0.113. The molecule has 0 fully saturated rings. The third-order valence-corrected chi connectivity index (χ3v) is 5.61. The van der Waals surface area contributed by atoms with Crippen molar-refractivity contribution in [2.24, 2.45) is 0 Å². The molecule has 0 aliphatic carbocycles. The quantitative estimate of drug-likeness (QED) is 0.545. The largest absolute Gasteiger partial charge is 0.325 e. The summed E-state index contributed by atoms with van der Waals surface area (Å²) in [5.74, 6) is 0.863. The molecule has 0 aliphatic rings. The second kappa shape index (κ2) is 8.73. The summed E-state index contributed by atoms with van der Waals surface area (Å²) in [5.41, 5.74) is 1.74. The van der Waals surface area contributed by atoms with Gasteiger partial charge in [0.1, 0.15) is 0 Å². The van der Waals surface area contributed by atoms with Crippen LogP contribution >= 0.6 is 11.8 Å². The number of thioether (sulfide) groups is 1. The summed E-state index contributed by atoms with van der Waals surface area (Å²) < 4.78 is 27.5. The van der Waals surface area contributed by atoms with Crippen molar-refractivity contribution in [3.05, 3.63) is 66.7 Å². The summed E-state index contributed by atoms with van der Waals surface area (Å²) in [6, 6.07) is 13.3. The number of carbonyl (C=O) groups excluding carboxylic acids is 1. The van der Waals surface area contributed by atoms with Crippen LogP contribution in [-0.4, -0.2) is 25.8 Å². The molecule has 25 heavy (non-hydrogen) atoms. The van der Waals surface area contributed by atoms with Gasteiger partial charge in [-0.1, -0.05) is 30.3 Å². The fourth-order valence-electron chi connectivity index (χ4n) is 2.05. The zero-order valence-electron chi connectivity index (χ0n) is 13.9. The highest BCUT2D eigenvalue weighted by molar-refractivity contribution is 8.00. The molecule has 5 nitrogen and oxygen atoms in total. The van der Waals surface area contributed by atoms with Gasteiger partial charge in [0.2, 0.25) is 5.91 Å². The van der Waals surface area contributed by atoms with Crippen molar-refractivity contribution < 1.29 is 13.2 Å². The molecule has 7 heteroatoms. The van der Waals surface area contributed by atoms with Gasteiger partial charge in [-0.3, -0.25) is 9.52 Å². The fourth-order valence-corrected chi connectivity index (χ4v) is 3.73. The predicted octanol–water partition coefficient (Wildman–Crippen LogP) is 3.65. The van der Waals surface area contributed by atoms with Gasteiger partial charge in [-0.15, -0.1) is 18.3 Å². The van der Waals surface area contributed by atoms with Crippen LogP contribution in [0.4, 0.5) is 11.4 Å². The van der Waals surface area contributed by atoms with Crippen molar-refractivity contribution in [1.82, 2.24) is 0 Å². The fraction of sp³-hybridized carbons (Fsp3) is 0.167. The molecule has 0 aromatic heterocycles. The highest BCUT2D eigenvalue weighted by Crippen LogP contribution is 2.23. The molecule has 0 atom stereocenters. The average molecular weight is 377 g/mol. The summed E-state index contributed by atoms with van der Waals surface area (Å²) in [6.45, 7) is 5.40. The van der Waals surface area contributed by atoms with Crippen molar-refractivity contribution in [3.63, 3.8) is 0 Å². The Morgan fingerprint density at radius 1 is 1.20 bits per heavy atom. The first-order valence-electron chi connectivity index (χ1n) is 7.59. The maximum Gasteiger partial charge on any atom is 0.261 e. The Balaban J connectivity index is 2.14. The first-order valence-corrected chi connectivity index (χ1v) is 10.2. The predicted molar refractivity (Wildman–Crippen MR) is 105 cm³/mol. The Labute approximate surface area is 152 Å². The number of nitrogens with one attached hydrogen (secondary N) is 2. The molecule has 2 aromatic rings. The Morgan fingerprint density at radius 2 is 1.92 bits per heavy atom. The molecule has 2 N–H and O–H groups in total. The molecule has 0 saturated heterocycles. The minimum absolute atomic E-state index is 0.146. The molecule has 0 bridgehead atoms. The molecular formula is C18H20N2O3S2. The van der Waals surface area contributed by atoms with Gasteiger partial charge in [0.15, 0.2) is 0 Å². The first-order chi connectivity index (χ1) is 11.9. The highest BCUT2D eigenvalue weighted by Gasteiger charge is 2.15. The van der Waals surface area contributed by atoms with Crippen LogP contribution in [0.5, 0.6) is 0 Å². The van der Waals surface area contributed by atoms with E-state index < -0.39 is 10.0 Å². The molecule has 0 radical (unpaired) electrons. The molecular weight excluding hydrogens is 356 g/mol. The van der Waals surface area contributed by atoms with Crippen LogP contribution in [0, 0.1) is 6.92 Å². The average Bonchev–Trinajstić information content (AvgIpc) is 2.59. The number of benzene rings is 2. The minimum atomic E-state index is -3.68. The van der Waals surface area contributed by atoms with E-state index >= 15 is 0 Å². The van der Waals surface area contributed by atoms with Crippen LogP contribution in [0.25, 0.3) is 0 Å². The molecule has 1 amide bonds. The van der Waals surface area contributed by atoms with E-state index in [1.165, 1.54) is 23.9 Å². The van der Waals surface area contributed by atoms with E-state index in [2.05, 4.69) is 16.6 Å². The summed E-state index contributed by atoms with van der Waals surface area (Å²) in [7, 11) is -3.68. The molecule has 0 unspecified atom stereocenters. The lowest BCUT2D eigenvalue weighted by atomic mass is 10.2. The van der Waals surface area contributed by atoms with E-state index in [4.69, 9.17) is 0 Å². The van der Waals surface area contributed by atoms with Crippen LogP contribution in [0.2, 0.25) is 0 Å². The van der Waals surface area contributed by atoms with Gasteiger partial charge < -0.3 is 5.32 Å². The molecule has 132 valence electrons. The Kier molecular flexibility index (Phi) is 6.66. The normalized spacial score (nSPS) is 10.9. The van der Waals surface area contributed by atoms with Crippen LogP contribution < -0.4 is 10.0 Å². The van der Waals surface area contributed by atoms with Gasteiger partial charge in [0, 0.05) is 11.4 Å². The monoisotopic (exact) mass is 376 g/mol. The van der Waals surface area contributed by atoms with E-state index in [1.807, 2.05) is 0 Å². The smallest absolute Gasteiger partial charge is 0.261 e. The van der Waals surface area contributed by atoms with Gasteiger partial charge in [-0.25, -0.2) is 8.42 Å². The molecule has 2 aromatic carbocycles. The third kappa shape index (κ3) is 5.65. The Morgan fingerprint density at radius 3 is 2.60 bits per heavy atom. The van der Waals surface area contributed by atoms with Crippen molar-refractivity contribution in [2.45, 2.75) is 11.8 Å². The second-order valence-electron chi connectivity index (χ2n) is 5.30. The maximum atomic E-state index is 12.5. The van der Waals surface area contributed by atoms with Gasteiger partial charge in [0.25, 0.3) is 10.0 Å². The summed E-state index contributed by atoms with van der Waals surface area (Å²) in [6.07, 6.45) is 1.74. The van der Waals surface area contributed by atoms with Crippen molar-refractivity contribution in [3.8, 4) is 0 Å². The van der Waals surface area contributed by atoms with Crippen LogP contribution in [-0.2, 0) is 14.8 Å². The molecule has 2 rings (SSSR count). The van der Waals surface area contributed by atoms with Crippen molar-refractivity contribution in [1.29, 1.82) is 0 Å². The van der Waals surface area contributed by atoms with Crippen molar-refractivity contribution in [2.75, 3.05) is 21.5 Å². The Bertz CT molecular complexity index is 850. The summed E-state index contributed by atoms with van der Waals surface area (Å²) >= 11 is 1.45. The number of sulfonamides is 1. The van der Waals surface area contributed by atoms with Crippen LogP contribution in [0.15, 0.2) is 66.1 Å². The number of hydrogen-bond acceptors (Lipinski definition) is 4. The third-order valence-electron chi connectivity index (χ3n) is 3.29. The number of anilines is 2. The van der Waals surface area contributed by atoms with E-state index in [-0.39, 0.29) is 10.8 Å². The number of hydrogen-bond donors (Lipinski definition) is 2. The topological polar surface area (TPSA) is 75.3 Å². The summed E-state index contributed by atoms with van der Waals surface area (Å²) in [4.78, 5) is 12.1. The molecule has 0 aliphatic heterocycles. The number of carbonyl (C=O) groups is 1. The minimum Gasteiger partial charge on any atom is -0.325 e. The summed E-state index contributed by atoms with van der Waals surface area (Å²) in [5, 5.41) is 2.77. The second-order valence-corrected chi connectivity index (χ2v) is 8.01. The van der Waals surface area contributed by atoms with Crippen LogP contribution in [0.1, 0.15) is 5.56 Å². The van der Waals surface area contributed by atoms with Gasteiger partial charge in [0.05, 0.1) is 16.3 Å². The molecule has 0 saturated carbocycles. The lowest BCUT2D eigenvalue weighted by Gasteiger charge is -2.13. The standard InChI is InChI=1S/C18H20N2O3S2/c1-3-11-24-13-18(21)19-15-10-9-14(2)17(12-15)20-25(22,23)16-7-5-4-6-8-16/h3-10,12,20H,1,11,13H2,2H3,(H,19,21). The van der Waals surface area contributed by atoms with E-state index in [1.54, 1.807) is 49.4 Å². The molecule has 0 spiro atoms. The Hall–Kier alpha value is -2.25. The van der Waals surface area contributed by atoms with Gasteiger partial charge in [-0.05, 0) is 36.8 Å². The highest BCUT2D eigenvalue weighted by atomic mass is 32.2. The zero-order valence-corrected chi connectivity index (χ0v) is 15.5. The molecule has 0 heterocycles. The van der Waals surface area contributed by atoms with E-state index in [0.717, 1.165) is 5.56 Å². The van der Waals surface area contributed by atoms with Crippen molar-refractivity contribution >= 4 is 39.1 Å². The maximum absolute atomic E-state index is 12.5. The zero-order chi connectivity index (χ0) is 18.3. The number of aryl methyl sites for hydroxylation is 1.